The van der Waals surface area contributed by atoms with E-state index in [-0.39, 0.29) is 23.9 Å². The largest absolute Gasteiger partial charge is 0.360 e. The van der Waals surface area contributed by atoms with Gasteiger partial charge in [-0.3, -0.25) is 14.3 Å². The molecule has 0 saturated heterocycles. The van der Waals surface area contributed by atoms with Crippen LogP contribution in [0, 0.1) is 19.7 Å². The number of amides is 2. The maximum atomic E-state index is 13.4. The maximum Gasteiger partial charge on any atom is 0.272 e. The molecule has 27 heavy (non-hydrogen) atoms. The van der Waals surface area contributed by atoms with Gasteiger partial charge in [0.15, 0.2) is 11.5 Å². The number of rotatable bonds is 5. The molecule has 0 saturated carbocycles. The molecule has 0 aliphatic carbocycles. The maximum absolute atomic E-state index is 13.4. The molecular weight excluding hydrogens is 353 g/mol. The average molecular weight is 371 g/mol. The van der Waals surface area contributed by atoms with E-state index in [4.69, 9.17) is 4.52 Å². The van der Waals surface area contributed by atoms with Crippen LogP contribution in [0.15, 0.2) is 34.9 Å². The second-order valence-corrected chi connectivity index (χ2v) is 6.06. The van der Waals surface area contributed by atoms with E-state index in [0.717, 1.165) is 5.56 Å². The molecule has 3 rings (SSSR count). The van der Waals surface area contributed by atoms with Gasteiger partial charge in [0, 0.05) is 18.7 Å². The summed E-state index contributed by atoms with van der Waals surface area (Å²) in [5.74, 6) is -0.402. The van der Waals surface area contributed by atoms with Gasteiger partial charge in [-0.25, -0.2) is 4.39 Å². The first kappa shape index (κ1) is 18.3. The molecule has 0 fully saturated rings. The Morgan fingerprint density at radius 1 is 1.22 bits per heavy atom. The van der Waals surface area contributed by atoms with Crippen molar-refractivity contribution in [3.05, 3.63) is 53.2 Å². The second kappa shape index (κ2) is 7.40. The zero-order valence-corrected chi connectivity index (χ0v) is 15.0. The lowest BCUT2D eigenvalue weighted by Crippen LogP contribution is -2.33. The van der Waals surface area contributed by atoms with E-state index < -0.39 is 11.8 Å². The lowest BCUT2D eigenvalue weighted by Gasteiger charge is -2.03. The molecule has 0 spiro atoms. The molecule has 9 heteroatoms. The molecule has 0 bridgehead atoms. The van der Waals surface area contributed by atoms with Crippen LogP contribution in [0.3, 0.4) is 0 Å². The van der Waals surface area contributed by atoms with E-state index >= 15 is 0 Å². The van der Waals surface area contributed by atoms with Crippen LogP contribution >= 0.6 is 0 Å². The molecule has 1 aromatic carbocycles. The summed E-state index contributed by atoms with van der Waals surface area (Å²) in [6.07, 6.45) is 0. The molecule has 2 N–H and O–H groups in total. The summed E-state index contributed by atoms with van der Waals surface area (Å²) in [5, 5.41) is 12.8. The Labute approximate surface area is 154 Å². The van der Waals surface area contributed by atoms with E-state index in [2.05, 4.69) is 20.9 Å². The molecule has 0 radical (unpaired) electrons. The Morgan fingerprint density at radius 3 is 2.67 bits per heavy atom. The molecule has 0 aliphatic heterocycles. The fourth-order valence-electron chi connectivity index (χ4n) is 2.52. The lowest BCUT2D eigenvalue weighted by atomic mass is 10.1. The number of aryl methyl sites for hydroxylation is 3. The summed E-state index contributed by atoms with van der Waals surface area (Å²) < 4.78 is 19.8. The summed E-state index contributed by atoms with van der Waals surface area (Å²) in [6.45, 7) is 3.12. The van der Waals surface area contributed by atoms with Gasteiger partial charge in [-0.1, -0.05) is 5.16 Å². The lowest BCUT2D eigenvalue weighted by molar-refractivity contribution is -0.115. The molecule has 3 aromatic rings. The number of hydrogen-bond donors (Lipinski definition) is 2. The highest BCUT2D eigenvalue weighted by molar-refractivity contribution is 5.98. The van der Waals surface area contributed by atoms with E-state index in [9.17, 15) is 14.0 Å². The quantitative estimate of drug-likeness (QED) is 0.716. The number of carbonyl (C=O) groups excluding carboxylic acids is 2. The molecule has 2 aromatic heterocycles. The number of aromatic nitrogens is 3. The predicted molar refractivity (Wildman–Crippen MR) is 95.5 cm³/mol. The smallest absolute Gasteiger partial charge is 0.272 e. The van der Waals surface area contributed by atoms with Gasteiger partial charge in [-0.2, -0.15) is 5.10 Å². The SMILES string of the molecule is Cc1cc(NC(=O)CNC(=O)c2cc(-c3ccc(F)c(C)c3)n(C)n2)no1. The first-order valence-electron chi connectivity index (χ1n) is 8.15. The third kappa shape index (κ3) is 4.20. The zero-order valence-electron chi connectivity index (χ0n) is 15.0. The van der Waals surface area contributed by atoms with Gasteiger partial charge in [0.1, 0.15) is 11.6 Å². The van der Waals surface area contributed by atoms with Gasteiger partial charge in [0.25, 0.3) is 5.91 Å². The summed E-state index contributed by atoms with van der Waals surface area (Å²) in [7, 11) is 1.68. The molecular formula is C18H18FN5O3. The van der Waals surface area contributed by atoms with Crippen LogP contribution in [-0.2, 0) is 11.8 Å². The topological polar surface area (TPSA) is 102 Å². The molecule has 0 aliphatic rings. The van der Waals surface area contributed by atoms with Crippen LogP contribution in [0.2, 0.25) is 0 Å². The minimum atomic E-state index is -0.498. The number of anilines is 1. The minimum absolute atomic E-state index is 0.152. The summed E-state index contributed by atoms with van der Waals surface area (Å²) in [6, 6.07) is 7.82. The van der Waals surface area contributed by atoms with Crippen LogP contribution in [0.25, 0.3) is 11.3 Å². The van der Waals surface area contributed by atoms with Crippen molar-refractivity contribution in [3.63, 3.8) is 0 Å². The summed E-state index contributed by atoms with van der Waals surface area (Å²) >= 11 is 0. The summed E-state index contributed by atoms with van der Waals surface area (Å²) in [5.41, 5.74) is 2.05. The normalized spacial score (nSPS) is 10.7. The van der Waals surface area contributed by atoms with Crippen molar-refractivity contribution in [3.8, 4) is 11.3 Å². The van der Waals surface area contributed by atoms with Crippen LogP contribution in [0.1, 0.15) is 21.8 Å². The Bertz CT molecular complexity index is 1010. The van der Waals surface area contributed by atoms with E-state index in [0.29, 0.717) is 17.0 Å². The van der Waals surface area contributed by atoms with Gasteiger partial charge in [-0.05, 0) is 43.7 Å². The van der Waals surface area contributed by atoms with Crippen LogP contribution in [0.5, 0.6) is 0 Å². The first-order valence-corrected chi connectivity index (χ1v) is 8.15. The first-order chi connectivity index (χ1) is 12.8. The Kier molecular flexibility index (Phi) is 5.02. The van der Waals surface area contributed by atoms with Crippen LogP contribution in [-0.4, -0.2) is 33.3 Å². The number of nitrogens with one attached hydrogen (secondary N) is 2. The standard InChI is InChI=1S/C18H18FN5O3/c1-10-6-12(4-5-13(10)19)15-8-14(22-24(15)3)18(26)20-9-17(25)21-16-7-11(2)27-23-16/h4-8H,9H2,1-3H3,(H,20,26)(H,21,23,25). The van der Waals surface area contributed by atoms with Gasteiger partial charge in [-0.15, -0.1) is 0 Å². The van der Waals surface area contributed by atoms with Gasteiger partial charge >= 0.3 is 0 Å². The van der Waals surface area contributed by atoms with Gasteiger partial charge in [0.05, 0.1) is 12.2 Å². The van der Waals surface area contributed by atoms with E-state index in [1.807, 2.05) is 0 Å². The highest BCUT2D eigenvalue weighted by atomic mass is 19.1. The third-order valence-corrected chi connectivity index (χ3v) is 3.87. The number of benzene rings is 1. The number of hydrogen-bond acceptors (Lipinski definition) is 5. The fraction of sp³-hybridized carbons (Fsp3) is 0.222. The minimum Gasteiger partial charge on any atom is -0.360 e. The molecule has 2 amide bonds. The predicted octanol–water partition coefficient (Wildman–Crippen LogP) is 2.20. The number of nitrogens with zero attached hydrogens (tertiary/aromatic N) is 3. The zero-order chi connectivity index (χ0) is 19.6. The average Bonchev–Trinajstić information content (AvgIpc) is 3.21. The third-order valence-electron chi connectivity index (χ3n) is 3.87. The van der Waals surface area contributed by atoms with Gasteiger partial charge in [0.2, 0.25) is 5.91 Å². The number of halogens is 1. The Morgan fingerprint density at radius 2 is 2.00 bits per heavy atom. The van der Waals surface area contributed by atoms with Crippen LogP contribution in [0.4, 0.5) is 10.2 Å². The number of carbonyl (C=O) groups is 2. The molecule has 0 unspecified atom stereocenters. The van der Waals surface area contributed by atoms with E-state index in [1.165, 1.54) is 10.7 Å². The molecule has 8 nitrogen and oxygen atoms in total. The summed E-state index contributed by atoms with van der Waals surface area (Å²) in [4.78, 5) is 24.1. The van der Waals surface area contributed by atoms with Crippen LogP contribution < -0.4 is 10.6 Å². The van der Waals surface area contributed by atoms with Crippen molar-refractivity contribution >= 4 is 17.6 Å². The van der Waals surface area contributed by atoms with Crippen molar-refractivity contribution in [2.24, 2.45) is 7.05 Å². The Hall–Kier alpha value is -3.49. The monoisotopic (exact) mass is 371 g/mol. The van der Waals surface area contributed by atoms with Gasteiger partial charge < -0.3 is 15.2 Å². The van der Waals surface area contributed by atoms with Crippen molar-refractivity contribution in [1.82, 2.24) is 20.3 Å². The fourth-order valence-corrected chi connectivity index (χ4v) is 2.52. The second-order valence-electron chi connectivity index (χ2n) is 6.06. The Balaban J connectivity index is 1.65. The van der Waals surface area contributed by atoms with Crippen molar-refractivity contribution in [1.29, 1.82) is 0 Å². The molecule has 2 heterocycles. The molecule has 0 atom stereocenters. The van der Waals surface area contributed by atoms with E-state index in [1.54, 1.807) is 45.2 Å². The highest BCUT2D eigenvalue weighted by Crippen LogP contribution is 2.22. The van der Waals surface area contributed by atoms with Crippen molar-refractivity contribution in [2.75, 3.05) is 11.9 Å². The van der Waals surface area contributed by atoms with Crippen molar-refractivity contribution in [2.45, 2.75) is 13.8 Å². The van der Waals surface area contributed by atoms with Crippen molar-refractivity contribution < 1.29 is 18.5 Å². The molecule has 140 valence electrons. The highest BCUT2D eigenvalue weighted by Gasteiger charge is 2.16.